The van der Waals surface area contributed by atoms with Gasteiger partial charge in [-0.2, -0.15) is 0 Å². The highest BCUT2D eigenvalue weighted by Gasteiger charge is 2.22. The number of fused-ring (bicyclic) bond motifs is 2. The van der Waals surface area contributed by atoms with Crippen LogP contribution in [0.3, 0.4) is 0 Å². The smallest absolute Gasteiger partial charge is 0.270 e. The lowest BCUT2D eigenvalue weighted by atomic mass is 9.95. The monoisotopic (exact) mass is 362 g/mol. The van der Waals surface area contributed by atoms with Gasteiger partial charge in [0.1, 0.15) is 18.9 Å². The van der Waals surface area contributed by atoms with Crippen molar-refractivity contribution in [3.63, 3.8) is 0 Å². The van der Waals surface area contributed by atoms with E-state index >= 15 is 0 Å². The van der Waals surface area contributed by atoms with Crippen molar-refractivity contribution in [3.05, 3.63) is 65.9 Å². The van der Waals surface area contributed by atoms with Crippen LogP contribution in [0.2, 0.25) is 0 Å². The first-order valence-corrected chi connectivity index (χ1v) is 9.18. The van der Waals surface area contributed by atoms with Crippen LogP contribution in [0.5, 0.6) is 11.5 Å². The molecule has 0 aliphatic carbocycles. The van der Waals surface area contributed by atoms with Crippen LogP contribution >= 0.6 is 0 Å². The summed E-state index contributed by atoms with van der Waals surface area (Å²) in [7, 11) is 0. The highest BCUT2D eigenvalue weighted by molar-refractivity contribution is 5.95. The van der Waals surface area contributed by atoms with E-state index < -0.39 is 0 Å². The Labute approximate surface area is 158 Å². The fraction of sp³-hybridized carbons (Fsp3) is 0.273. The van der Waals surface area contributed by atoms with Crippen molar-refractivity contribution in [1.82, 2.24) is 10.3 Å². The zero-order chi connectivity index (χ0) is 18.8. The number of benzene rings is 2. The summed E-state index contributed by atoms with van der Waals surface area (Å²) in [4.78, 5) is 17.3. The molecule has 0 unspecified atom stereocenters. The van der Waals surface area contributed by atoms with Crippen LogP contribution in [0.1, 0.15) is 35.9 Å². The maximum atomic E-state index is 12.8. The quantitative estimate of drug-likeness (QED) is 0.758. The number of rotatable bonds is 4. The number of ether oxygens (including phenoxy) is 2. The Morgan fingerprint density at radius 1 is 1.00 bits per heavy atom. The molecule has 0 bridgehead atoms. The molecular weight excluding hydrogens is 340 g/mol. The Bertz CT molecular complexity index is 984. The number of nitrogens with zero attached hydrogens (tertiary/aromatic N) is 1. The molecule has 1 atom stereocenters. The SMILES string of the molecule is CC(C)[C@@H](NC(=O)c1ccc2ccccc2n1)c1ccc2c(c1)OCCO2. The lowest BCUT2D eigenvalue weighted by Gasteiger charge is -2.25. The number of carbonyl (C=O) groups excluding carboxylic acids is 1. The summed E-state index contributed by atoms with van der Waals surface area (Å²) in [6.45, 7) is 5.26. The molecule has 2 heterocycles. The molecule has 0 saturated heterocycles. The van der Waals surface area contributed by atoms with Crippen molar-refractivity contribution in [1.29, 1.82) is 0 Å². The van der Waals surface area contributed by atoms with Gasteiger partial charge in [0.2, 0.25) is 0 Å². The van der Waals surface area contributed by atoms with Gasteiger partial charge in [0, 0.05) is 5.39 Å². The first-order valence-electron chi connectivity index (χ1n) is 9.18. The lowest BCUT2D eigenvalue weighted by molar-refractivity contribution is 0.0920. The number of amides is 1. The molecule has 0 spiro atoms. The largest absolute Gasteiger partial charge is 0.486 e. The summed E-state index contributed by atoms with van der Waals surface area (Å²) in [5.41, 5.74) is 2.21. The van der Waals surface area contributed by atoms with Crippen molar-refractivity contribution in [2.75, 3.05) is 13.2 Å². The number of aromatic nitrogens is 1. The molecule has 2 aromatic carbocycles. The summed E-state index contributed by atoms with van der Waals surface area (Å²) in [6.07, 6.45) is 0. The molecule has 1 aromatic heterocycles. The van der Waals surface area contributed by atoms with Gasteiger partial charge >= 0.3 is 0 Å². The third-order valence-electron chi connectivity index (χ3n) is 4.71. The fourth-order valence-corrected chi connectivity index (χ4v) is 3.30. The van der Waals surface area contributed by atoms with Crippen LogP contribution < -0.4 is 14.8 Å². The van der Waals surface area contributed by atoms with Gasteiger partial charge in [0.05, 0.1) is 11.6 Å². The highest BCUT2D eigenvalue weighted by Crippen LogP contribution is 2.34. The lowest BCUT2D eigenvalue weighted by Crippen LogP contribution is -2.32. The van der Waals surface area contributed by atoms with Gasteiger partial charge in [-0.1, -0.05) is 44.2 Å². The number of carbonyl (C=O) groups is 1. The Hall–Kier alpha value is -3.08. The second-order valence-corrected chi connectivity index (χ2v) is 6.99. The second kappa shape index (κ2) is 7.27. The van der Waals surface area contributed by atoms with Crippen molar-refractivity contribution in [2.45, 2.75) is 19.9 Å². The summed E-state index contributed by atoms with van der Waals surface area (Å²) in [5, 5.41) is 4.14. The topological polar surface area (TPSA) is 60.5 Å². The van der Waals surface area contributed by atoms with Gasteiger partial charge in [-0.15, -0.1) is 0 Å². The minimum atomic E-state index is -0.186. The summed E-state index contributed by atoms with van der Waals surface area (Å²) < 4.78 is 11.3. The van der Waals surface area contributed by atoms with Gasteiger partial charge < -0.3 is 14.8 Å². The molecular formula is C22H22N2O3. The maximum Gasteiger partial charge on any atom is 0.270 e. The molecule has 3 aromatic rings. The van der Waals surface area contributed by atoms with E-state index in [0.717, 1.165) is 28.0 Å². The average molecular weight is 362 g/mol. The van der Waals surface area contributed by atoms with E-state index in [4.69, 9.17) is 9.47 Å². The molecule has 1 amide bonds. The minimum absolute atomic E-state index is 0.151. The zero-order valence-corrected chi connectivity index (χ0v) is 15.4. The van der Waals surface area contributed by atoms with Gasteiger partial charge in [0.15, 0.2) is 11.5 Å². The van der Waals surface area contributed by atoms with Crippen LogP contribution in [0, 0.1) is 5.92 Å². The Morgan fingerprint density at radius 2 is 1.78 bits per heavy atom. The highest BCUT2D eigenvalue weighted by atomic mass is 16.6. The van der Waals surface area contributed by atoms with Gasteiger partial charge in [0.25, 0.3) is 5.91 Å². The summed E-state index contributed by atoms with van der Waals surface area (Å²) >= 11 is 0. The Morgan fingerprint density at radius 3 is 2.59 bits per heavy atom. The van der Waals surface area contributed by atoms with Crippen molar-refractivity contribution >= 4 is 16.8 Å². The summed E-state index contributed by atoms with van der Waals surface area (Å²) in [5.74, 6) is 1.49. The standard InChI is InChI=1S/C22H22N2O3/c1-14(2)21(16-8-10-19-20(13-16)27-12-11-26-19)24-22(25)18-9-7-15-5-3-4-6-17(15)23-18/h3-10,13-14,21H,11-12H2,1-2H3,(H,24,25)/t21-/m1/s1. The van der Waals surface area contributed by atoms with E-state index in [-0.39, 0.29) is 17.9 Å². The maximum absolute atomic E-state index is 12.8. The van der Waals surface area contributed by atoms with Crippen molar-refractivity contribution in [3.8, 4) is 11.5 Å². The zero-order valence-electron chi connectivity index (χ0n) is 15.4. The normalized spacial score (nSPS) is 14.2. The van der Waals surface area contributed by atoms with E-state index in [0.29, 0.717) is 18.9 Å². The molecule has 1 aliphatic heterocycles. The third kappa shape index (κ3) is 3.58. The van der Waals surface area contributed by atoms with Crippen LogP contribution in [0.15, 0.2) is 54.6 Å². The predicted octanol–water partition coefficient (Wildman–Crippen LogP) is 4.13. The first kappa shape index (κ1) is 17.3. The van der Waals surface area contributed by atoms with E-state index in [1.165, 1.54) is 0 Å². The molecule has 5 nitrogen and oxygen atoms in total. The number of hydrogen-bond acceptors (Lipinski definition) is 4. The number of pyridine rings is 1. The molecule has 0 fully saturated rings. The minimum Gasteiger partial charge on any atom is -0.486 e. The van der Waals surface area contributed by atoms with Crippen LogP contribution in [-0.2, 0) is 0 Å². The molecule has 27 heavy (non-hydrogen) atoms. The number of hydrogen-bond donors (Lipinski definition) is 1. The van der Waals surface area contributed by atoms with Gasteiger partial charge in [-0.3, -0.25) is 4.79 Å². The summed E-state index contributed by atoms with van der Waals surface area (Å²) in [6, 6.07) is 17.1. The number of nitrogens with one attached hydrogen (secondary N) is 1. The van der Waals surface area contributed by atoms with Crippen LogP contribution in [0.25, 0.3) is 10.9 Å². The molecule has 4 rings (SSSR count). The molecule has 1 aliphatic rings. The van der Waals surface area contributed by atoms with Gasteiger partial charge in [-0.25, -0.2) is 4.98 Å². The second-order valence-electron chi connectivity index (χ2n) is 6.99. The third-order valence-corrected chi connectivity index (χ3v) is 4.71. The van der Waals surface area contributed by atoms with E-state index in [1.807, 2.05) is 48.5 Å². The molecule has 5 heteroatoms. The molecule has 1 N–H and O–H groups in total. The van der Waals surface area contributed by atoms with E-state index in [1.54, 1.807) is 6.07 Å². The van der Waals surface area contributed by atoms with Crippen molar-refractivity contribution < 1.29 is 14.3 Å². The van der Waals surface area contributed by atoms with Crippen LogP contribution in [0.4, 0.5) is 0 Å². The van der Waals surface area contributed by atoms with Gasteiger partial charge in [-0.05, 0) is 35.7 Å². The first-order chi connectivity index (χ1) is 13.1. The van der Waals surface area contributed by atoms with Crippen molar-refractivity contribution in [2.24, 2.45) is 5.92 Å². The molecule has 0 radical (unpaired) electrons. The predicted molar refractivity (Wildman–Crippen MR) is 104 cm³/mol. The van der Waals surface area contributed by atoms with E-state index in [2.05, 4.69) is 24.1 Å². The number of para-hydroxylation sites is 1. The van der Waals surface area contributed by atoms with Crippen LogP contribution in [-0.4, -0.2) is 24.1 Å². The van der Waals surface area contributed by atoms with E-state index in [9.17, 15) is 4.79 Å². The molecule has 0 saturated carbocycles. The fourth-order valence-electron chi connectivity index (χ4n) is 3.30. The molecule has 138 valence electrons. The Balaban J connectivity index is 1.59. The average Bonchev–Trinajstić information content (AvgIpc) is 2.71. The Kier molecular flexibility index (Phi) is 4.67.